The van der Waals surface area contributed by atoms with E-state index in [4.69, 9.17) is 5.73 Å². The van der Waals surface area contributed by atoms with Gasteiger partial charge in [-0.3, -0.25) is 29.8 Å². The minimum atomic E-state index is -1.18. The van der Waals surface area contributed by atoms with Crippen LogP contribution in [0.25, 0.3) is 0 Å². The van der Waals surface area contributed by atoms with Crippen molar-refractivity contribution >= 4 is 23.4 Å². The van der Waals surface area contributed by atoms with Crippen LogP contribution in [0.4, 0.5) is 0 Å². The fourth-order valence-electron chi connectivity index (χ4n) is 4.26. The fraction of sp³-hybridized carbons (Fsp3) is 0.529. The SMILES string of the molecule is CC(=O)C1CCC(C23C=C(N)C=CC2C(=O)NC3=O)C(C(C)=O)N1. The standard InChI is InChI=1S/C17H21N3O4/c1-8(21)13-6-5-11(14(19-13)9(2)22)17-7-10(18)3-4-12(17)15(23)20-16(17)24/h3-4,7,11-14,19H,5-6,18H2,1-2H3,(H,20,23,24). The lowest BCUT2D eigenvalue weighted by Crippen LogP contribution is -2.60. The summed E-state index contributed by atoms with van der Waals surface area (Å²) in [5.41, 5.74) is 5.13. The van der Waals surface area contributed by atoms with Crippen LogP contribution < -0.4 is 16.4 Å². The molecule has 3 aliphatic rings. The van der Waals surface area contributed by atoms with E-state index in [1.54, 1.807) is 18.2 Å². The summed E-state index contributed by atoms with van der Waals surface area (Å²) >= 11 is 0. The third-order valence-corrected chi connectivity index (χ3v) is 5.41. The third-order valence-electron chi connectivity index (χ3n) is 5.41. The van der Waals surface area contributed by atoms with Gasteiger partial charge in [0.25, 0.3) is 0 Å². The highest BCUT2D eigenvalue weighted by atomic mass is 16.2. The van der Waals surface area contributed by atoms with Crippen molar-refractivity contribution < 1.29 is 19.2 Å². The fourth-order valence-corrected chi connectivity index (χ4v) is 4.26. The van der Waals surface area contributed by atoms with Crippen molar-refractivity contribution in [3.63, 3.8) is 0 Å². The first-order chi connectivity index (χ1) is 11.3. The number of nitrogens with one attached hydrogen (secondary N) is 2. The second kappa shape index (κ2) is 5.66. The lowest BCUT2D eigenvalue weighted by atomic mass is 9.60. The Morgan fingerprint density at radius 3 is 2.54 bits per heavy atom. The van der Waals surface area contributed by atoms with E-state index in [2.05, 4.69) is 10.6 Å². The topological polar surface area (TPSA) is 118 Å². The summed E-state index contributed by atoms with van der Waals surface area (Å²) in [6, 6.07) is -1.09. The Balaban J connectivity index is 2.05. The molecule has 7 nitrogen and oxygen atoms in total. The maximum absolute atomic E-state index is 12.7. The van der Waals surface area contributed by atoms with E-state index in [1.165, 1.54) is 13.8 Å². The molecular formula is C17H21N3O4. The number of hydrogen-bond donors (Lipinski definition) is 3. The summed E-state index contributed by atoms with van der Waals surface area (Å²) in [5, 5.41) is 5.45. The average molecular weight is 331 g/mol. The number of imide groups is 1. The number of carbonyl (C=O) groups excluding carboxylic acids is 4. The average Bonchev–Trinajstić information content (AvgIpc) is 2.77. The third kappa shape index (κ3) is 2.31. The molecule has 128 valence electrons. The Labute approximate surface area is 139 Å². The molecule has 0 aromatic carbocycles. The number of fused-ring (bicyclic) bond motifs is 1. The minimum Gasteiger partial charge on any atom is -0.399 e. The second-order valence-corrected chi connectivity index (χ2v) is 6.83. The molecule has 0 saturated carbocycles. The zero-order valence-electron chi connectivity index (χ0n) is 13.7. The first-order valence-corrected chi connectivity index (χ1v) is 8.06. The quantitative estimate of drug-likeness (QED) is 0.604. The highest BCUT2D eigenvalue weighted by Gasteiger charge is 2.61. The molecule has 0 bridgehead atoms. The van der Waals surface area contributed by atoms with Crippen molar-refractivity contribution in [2.45, 2.75) is 38.8 Å². The largest absolute Gasteiger partial charge is 0.399 e. The normalized spacial score (nSPS) is 38.3. The van der Waals surface area contributed by atoms with E-state index >= 15 is 0 Å². The van der Waals surface area contributed by atoms with Crippen LogP contribution in [0.5, 0.6) is 0 Å². The summed E-state index contributed by atoms with van der Waals surface area (Å²) < 4.78 is 0. The van der Waals surface area contributed by atoms with Crippen LogP contribution in [-0.2, 0) is 19.2 Å². The summed E-state index contributed by atoms with van der Waals surface area (Å²) in [6.45, 7) is 2.91. The van der Waals surface area contributed by atoms with Gasteiger partial charge in [0, 0.05) is 11.6 Å². The van der Waals surface area contributed by atoms with E-state index in [0.29, 0.717) is 18.5 Å². The van der Waals surface area contributed by atoms with Gasteiger partial charge in [0.15, 0.2) is 0 Å². The van der Waals surface area contributed by atoms with Gasteiger partial charge in [-0.25, -0.2) is 0 Å². The Kier molecular flexibility index (Phi) is 3.91. The van der Waals surface area contributed by atoms with Crippen molar-refractivity contribution in [3.05, 3.63) is 23.9 Å². The summed E-state index contributed by atoms with van der Waals surface area (Å²) in [5.74, 6) is -2.13. The Bertz CT molecular complexity index is 696. The van der Waals surface area contributed by atoms with Gasteiger partial charge in [-0.1, -0.05) is 6.08 Å². The summed E-state index contributed by atoms with van der Waals surface area (Å²) in [6.07, 6.45) is 5.84. The van der Waals surface area contributed by atoms with Gasteiger partial charge < -0.3 is 5.73 Å². The van der Waals surface area contributed by atoms with E-state index in [9.17, 15) is 19.2 Å². The molecule has 4 N–H and O–H groups in total. The predicted molar refractivity (Wildman–Crippen MR) is 85.3 cm³/mol. The molecule has 24 heavy (non-hydrogen) atoms. The molecule has 3 rings (SSSR count). The van der Waals surface area contributed by atoms with E-state index < -0.39 is 35.2 Å². The van der Waals surface area contributed by atoms with Crippen molar-refractivity contribution in [2.75, 3.05) is 0 Å². The molecule has 2 saturated heterocycles. The van der Waals surface area contributed by atoms with Crippen molar-refractivity contribution in [3.8, 4) is 0 Å². The predicted octanol–water partition coefficient (Wildman–Crippen LogP) is -0.427. The second-order valence-electron chi connectivity index (χ2n) is 6.83. The van der Waals surface area contributed by atoms with Crippen molar-refractivity contribution in [1.29, 1.82) is 0 Å². The number of Topliss-reactive ketones (excluding diaryl/α,β-unsaturated/α-hetero) is 2. The lowest BCUT2D eigenvalue weighted by molar-refractivity contribution is -0.133. The number of carbonyl (C=O) groups is 4. The Hall–Kier alpha value is -2.28. The smallest absolute Gasteiger partial charge is 0.238 e. The molecular weight excluding hydrogens is 310 g/mol. The van der Waals surface area contributed by atoms with Gasteiger partial charge in [0.1, 0.15) is 11.6 Å². The monoisotopic (exact) mass is 331 g/mol. The molecule has 2 amide bonds. The van der Waals surface area contributed by atoms with Gasteiger partial charge in [-0.15, -0.1) is 0 Å². The number of allylic oxidation sites excluding steroid dienone is 1. The maximum Gasteiger partial charge on any atom is 0.238 e. The van der Waals surface area contributed by atoms with Gasteiger partial charge in [0.2, 0.25) is 11.8 Å². The molecule has 2 heterocycles. The van der Waals surface area contributed by atoms with Crippen LogP contribution in [0, 0.1) is 17.3 Å². The molecule has 0 aromatic rings. The summed E-state index contributed by atoms with van der Waals surface area (Å²) in [7, 11) is 0. The van der Waals surface area contributed by atoms with Crippen molar-refractivity contribution in [1.82, 2.24) is 10.6 Å². The maximum atomic E-state index is 12.7. The molecule has 0 spiro atoms. The van der Waals surface area contributed by atoms with Crippen LogP contribution in [-0.4, -0.2) is 35.5 Å². The number of piperidine rings is 1. The van der Waals surface area contributed by atoms with Crippen LogP contribution in [0.3, 0.4) is 0 Å². The minimum absolute atomic E-state index is 0.0423. The van der Waals surface area contributed by atoms with Gasteiger partial charge in [-0.05, 0) is 38.8 Å². The Morgan fingerprint density at radius 2 is 1.92 bits per heavy atom. The molecule has 5 unspecified atom stereocenters. The highest BCUT2D eigenvalue weighted by molar-refractivity contribution is 6.10. The van der Waals surface area contributed by atoms with E-state index in [1.807, 2.05) is 0 Å². The molecule has 7 heteroatoms. The zero-order chi connectivity index (χ0) is 17.6. The van der Waals surface area contributed by atoms with Gasteiger partial charge in [-0.2, -0.15) is 0 Å². The van der Waals surface area contributed by atoms with Crippen LogP contribution >= 0.6 is 0 Å². The first kappa shape index (κ1) is 16.6. The number of nitrogens with two attached hydrogens (primary N) is 1. The first-order valence-electron chi connectivity index (χ1n) is 8.06. The van der Waals surface area contributed by atoms with Crippen LogP contribution in [0.15, 0.2) is 23.9 Å². The van der Waals surface area contributed by atoms with E-state index in [-0.39, 0.29) is 17.5 Å². The van der Waals surface area contributed by atoms with E-state index in [0.717, 1.165) is 0 Å². The number of amides is 2. The number of ketones is 2. The number of rotatable bonds is 3. The zero-order valence-corrected chi connectivity index (χ0v) is 13.7. The molecule has 2 fully saturated rings. The lowest BCUT2D eigenvalue weighted by Gasteiger charge is -2.45. The molecule has 1 aliphatic carbocycles. The molecule has 0 aromatic heterocycles. The van der Waals surface area contributed by atoms with Gasteiger partial charge in [0.05, 0.1) is 23.4 Å². The van der Waals surface area contributed by atoms with Crippen LogP contribution in [0.2, 0.25) is 0 Å². The van der Waals surface area contributed by atoms with Gasteiger partial charge >= 0.3 is 0 Å². The molecule has 0 radical (unpaired) electrons. The summed E-state index contributed by atoms with van der Waals surface area (Å²) in [4.78, 5) is 48.8. The molecule has 2 aliphatic heterocycles. The van der Waals surface area contributed by atoms with Crippen molar-refractivity contribution in [2.24, 2.45) is 23.0 Å². The van der Waals surface area contributed by atoms with Crippen LogP contribution in [0.1, 0.15) is 26.7 Å². The highest BCUT2D eigenvalue weighted by Crippen LogP contribution is 2.49. The molecule has 5 atom stereocenters. The number of hydrogen-bond acceptors (Lipinski definition) is 6. The Morgan fingerprint density at radius 1 is 1.21 bits per heavy atom.